The Morgan fingerprint density at radius 3 is 2.52 bits per heavy atom. The fourth-order valence-corrected chi connectivity index (χ4v) is 2.30. The van der Waals surface area contributed by atoms with E-state index in [4.69, 9.17) is 14.2 Å². The van der Waals surface area contributed by atoms with Crippen LogP contribution in [0.15, 0.2) is 42.5 Å². The van der Waals surface area contributed by atoms with Gasteiger partial charge in [-0.3, -0.25) is 4.79 Å². The molecule has 25 heavy (non-hydrogen) atoms. The van der Waals surface area contributed by atoms with Crippen LogP contribution in [0.5, 0.6) is 11.5 Å². The van der Waals surface area contributed by atoms with Crippen molar-refractivity contribution in [1.82, 2.24) is 0 Å². The SMILES string of the molecule is CCc1ccccc1OCC(=O)Nc1ccc(OC)cc1C(=O)OC. The maximum atomic E-state index is 12.2. The number of ether oxygens (including phenoxy) is 3. The molecule has 0 aromatic heterocycles. The second-order valence-electron chi connectivity index (χ2n) is 5.20. The second kappa shape index (κ2) is 8.73. The van der Waals surface area contributed by atoms with E-state index in [0.29, 0.717) is 17.2 Å². The number of hydrogen-bond donors (Lipinski definition) is 1. The van der Waals surface area contributed by atoms with Crippen LogP contribution in [0.25, 0.3) is 0 Å². The molecular formula is C19H21NO5. The van der Waals surface area contributed by atoms with Crippen LogP contribution < -0.4 is 14.8 Å². The minimum Gasteiger partial charge on any atom is -0.497 e. The second-order valence-corrected chi connectivity index (χ2v) is 5.20. The van der Waals surface area contributed by atoms with E-state index in [0.717, 1.165) is 12.0 Å². The molecule has 2 aromatic rings. The zero-order chi connectivity index (χ0) is 18.2. The van der Waals surface area contributed by atoms with Gasteiger partial charge < -0.3 is 19.5 Å². The van der Waals surface area contributed by atoms with Crippen molar-refractivity contribution in [3.8, 4) is 11.5 Å². The van der Waals surface area contributed by atoms with E-state index in [1.807, 2.05) is 31.2 Å². The van der Waals surface area contributed by atoms with Crippen LogP contribution in [0.1, 0.15) is 22.8 Å². The van der Waals surface area contributed by atoms with Crippen LogP contribution in [0.3, 0.4) is 0 Å². The molecule has 0 saturated heterocycles. The lowest BCUT2D eigenvalue weighted by Gasteiger charge is -2.13. The molecule has 6 nitrogen and oxygen atoms in total. The summed E-state index contributed by atoms with van der Waals surface area (Å²) in [6.45, 7) is 1.85. The summed E-state index contributed by atoms with van der Waals surface area (Å²) in [6.07, 6.45) is 0.808. The summed E-state index contributed by atoms with van der Waals surface area (Å²) >= 11 is 0. The first-order valence-electron chi connectivity index (χ1n) is 7.86. The molecule has 132 valence electrons. The number of hydrogen-bond acceptors (Lipinski definition) is 5. The van der Waals surface area contributed by atoms with Gasteiger partial charge in [-0.15, -0.1) is 0 Å². The number of carbonyl (C=O) groups excluding carboxylic acids is 2. The third kappa shape index (κ3) is 4.73. The molecule has 0 aliphatic rings. The predicted octanol–water partition coefficient (Wildman–Crippen LogP) is 3.06. The lowest BCUT2D eigenvalue weighted by Crippen LogP contribution is -2.22. The molecule has 0 aliphatic carbocycles. The number of benzene rings is 2. The van der Waals surface area contributed by atoms with Gasteiger partial charge in [-0.25, -0.2) is 4.79 Å². The van der Waals surface area contributed by atoms with Gasteiger partial charge in [0, 0.05) is 0 Å². The molecule has 0 radical (unpaired) electrons. The van der Waals surface area contributed by atoms with Crippen LogP contribution >= 0.6 is 0 Å². The monoisotopic (exact) mass is 343 g/mol. The summed E-state index contributed by atoms with van der Waals surface area (Å²) in [5.41, 5.74) is 1.57. The van der Waals surface area contributed by atoms with Crippen molar-refractivity contribution in [3.63, 3.8) is 0 Å². The minimum absolute atomic E-state index is 0.163. The number of anilines is 1. The highest BCUT2D eigenvalue weighted by molar-refractivity contribution is 6.02. The van der Waals surface area contributed by atoms with Crippen molar-refractivity contribution in [2.45, 2.75) is 13.3 Å². The zero-order valence-electron chi connectivity index (χ0n) is 14.5. The third-order valence-corrected chi connectivity index (χ3v) is 3.62. The van der Waals surface area contributed by atoms with Crippen LogP contribution in [-0.2, 0) is 16.0 Å². The first-order chi connectivity index (χ1) is 12.1. The molecule has 0 aliphatic heterocycles. The van der Waals surface area contributed by atoms with E-state index in [1.54, 1.807) is 12.1 Å². The molecule has 0 spiro atoms. The van der Waals surface area contributed by atoms with Crippen molar-refractivity contribution in [2.75, 3.05) is 26.1 Å². The molecule has 1 N–H and O–H groups in total. The smallest absolute Gasteiger partial charge is 0.340 e. The number of aryl methyl sites for hydroxylation is 1. The van der Waals surface area contributed by atoms with Gasteiger partial charge in [-0.05, 0) is 36.2 Å². The number of rotatable bonds is 7. The van der Waals surface area contributed by atoms with E-state index >= 15 is 0 Å². The number of esters is 1. The van der Waals surface area contributed by atoms with Gasteiger partial charge in [-0.2, -0.15) is 0 Å². The Balaban J connectivity index is 2.08. The lowest BCUT2D eigenvalue weighted by molar-refractivity contribution is -0.118. The summed E-state index contributed by atoms with van der Waals surface area (Å²) in [5, 5.41) is 2.66. The van der Waals surface area contributed by atoms with Crippen molar-refractivity contribution < 1.29 is 23.8 Å². The third-order valence-electron chi connectivity index (χ3n) is 3.62. The largest absolute Gasteiger partial charge is 0.497 e. The maximum absolute atomic E-state index is 12.2. The van der Waals surface area contributed by atoms with Gasteiger partial charge in [0.1, 0.15) is 11.5 Å². The fourth-order valence-electron chi connectivity index (χ4n) is 2.30. The van der Waals surface area contributed by atoms with E-state index in [1.165, 1.54) is 20.3 Å². The Labute approximate surface area is 146 Å². The van der Waals surface area contributed by atoms with Crippen LogP contribution in [0, 0.1) is 0 Å². The van der Waals surface area contributed by atoms with Crippen molar-refractivity contribution >= 4 is 17.6 Å². The molecular weight excluding hydrogens is 322 g/mol. The lowest BCUT2D eigenvalue weighted by atomic mass is 10.1. The van der Waals surface area contributed by atoms with E-state index < -0.39 is 5.97 Å². The maximum Gasteiger partial charge on any atom is 0.340 e. The van der Waals surface area contributed by atoms with Crippen molar-refractivity contribution in [3.05, 3.63) is 53.6 Å². The van der Waals surface area contributed by atoms with Gasteiger partial charge in [0.25, 0.3) is 5.91 Å². The van der Waals surface area contributed by atoms with Gasteiger partial charge >= 0.3 is 5.97 Å². The quantitative estimate of drug-likeness (QED) is 0.782. The highest BCUT2D eigenvalue weighted by atomic mass is 16.5. The first kappa shape index (κ1) is 18.3. The van der Waals surface area contributed by atoms with Gasteiger partial charge in [0.05, 0.1) is 25.5 Å². The van der Waals surface area contributed by atoms with Gasteiger partial charge in [-0.1, -0.05) is 25.1 Å². The molecule has 0 unspecified atom stereocenters. The summed E-state index contributed by atoms with van der Waals surface area (Å²) in [6, 6.07) is 12.3. The summed E-state index contributed by atoms with van der Waals surface area (Å²) in [5.74, 6) is 0.224. The summed E-state index contributed by atoms with van der Waals surface area (Å²) in [7, 11) is 2.77. The van der Waals surface area contributed by atoms with E-state index in [9.17, 15) is 9.59 Å². The molecule has 0 heterocycles. The first-order valence-corrected chi connectivity index (χ1v) is 7.86. The highest BCUT2D eigenvalue weighted by Gasteiger charge is 2.16. The minimum atomic E-state index is -0.563. The van der Waals surface area contributed by atoms with Gasteiger partial charge in [0.15, 0.2) is 6.61 Å². The number of amides is 1. The van der Waals surface area contributed by atoms with E-state index in [2.05, 4.69) is 5.32 Å². The molecule has 2 aromatic carbocycles. The highest BCUT2D eigenvalue weighted by Crippen LogP contribution is 2.23. The fraction of sp³-hybridized carbons (Fsp3) is 0.263. The topological polar surface area (TPSA) is 73.9 Å². The normalized spacial score (nSPS) is 10.0. The standard InChI is InChI=1S/C19H21NO5/c1-4-13-7-5-6-8-17(13)25-12-18(21)20-16-10-9-14(23-2)11-15(16)19(22)24-3/h5-11H,4,12H2,1-3H3,(H,20,21). The Morgan fingerprint density at radius 1 is 1.08 bits per heavy atom. The Hall–Kier alpha value is -3.02. The summed E-state index contributed by atoms with van der Waals surface area (Å²) in [4.78, 5) is 24.1. The molecule has 1 amide bonds. The Morgan fingerprint density at radius 2 is 1.84 bits per heavy atom. The van der Waals surface area contributed by atoms with Gasteiger partial charge in [0.2, 0.25) is 0 Å². The molecule has 0 fully saturated rings. The Bertz CT molecular complexity index is 757. The molecule has 0 atom stereocenters. The number of methoxy groups -OCH3 is 2. The van der Waals surface area contributed by atoms with Crippen LogP contribution in [0.2, 0.25) is 0 Å². The van der Waals surface area contributed by atoms with E-state index in [-0.39, 0.29) is 18.1 Å². The predicted molar refractivity (Wildman–Crippen MR) is 94.3 cm³/mol. The van der Waals surface area contributed by atoms with Crippen molar-refractivity contribution in [1.29, 1.82) is 0 Å². The number of nitrogens with one attached hydrogen (secondary N) is 1. The summed E-state index contributed by atoms with van der Waals surface area (Å²) < 4.78 is 15.4. The number of para-hydroxylation sites is 1. The average molecular weight is 343 g/mol. The molecule has 2 rings (SSSR count). The average Bonchev–Trinajstić information content (AvgIpc) is 2.66. The Kier molecular flexibility index (Phi) is 6.39. The zero-order valence-corrected chi connectivity index (χ0v) is 14.5. The van der Waals surface area contributed by atoms with Crippen LogP contribution in [0.4, 0.5) is 5.69 Å². The molecule has 6 heteroatoms. The molecule has 0 saturated carbocycles. The number of carbonyl (C=O) groups is 2. The van der Waals surface area contributed by atoms with Crippen molar-refractivity contribution in [2.24, 2.45) is 0 Å². The molecule has 0 bridgehead atoms. The van der Waals surface area contributed by atoms with Crippen LogP contribution in [-0.4, -0.2) is 32.7 Å².